The Labute approximate surface area is 141 Å². The van der Waals surface area contributed by atoms with E-state index in [-0.39, 0.29) is 22.3 Å². The van der Waals surface area contributed by atoms with E-state index in [1.807, 2.05) is 0 Å². The summed E-state index contributed by atoms with van der Waals surface area (Å²) in [6.45, 7) is 0. The fraction of sp³-hybridized carbons (Fsp3) is 0.143. The molecular weight excluding hydrogens is 342 g/mol. The van der Waals surface area contributed by atoms with Crippen LogP contribution in [-0.2, 0) is 0 Å². The molecule has 0 unspecified atom stereocenters. The molecule has 1 aromatic carbocycles. The Kier molecular flexibility index (Phi) is 5.38. The zero-order valence-electron chi connectivity index (χ0n) is 12.6. The van der Waals surface area contributed by atoms with E-state index in [0.29, 0.717) is 11.5 Å². The lowest BCUT2D eigenvalue weighted by Crippen LogP contribution is -2.18. The van der Waals surface area contributed by atoms with Crippen molar-refractivity contribution in [2.45, 2.75) is 0 Å². The highest BCUT2D eigenvalue weighted by molar-refractivity contribution is 6.32. The number of hydrogen-bond donors (Lipinski definition) is 1. The van der Waals surface area contributed by atoms with Crippen LogP contribution in [0.5, 0.6) is 17.4 Å². The smallest absolute Gasteiger partial charge is 0.418 e. The Morgan fingerprint density at radius 2 is 1.96 bits per heavy atom. The van der Waals surface area contributed by atoms with Crippen molar-refractivity contribution in [3.8, 4) is 17.4 Å². The summed E-state index contributed by atoms with van der Waals surface area (Å²) in [5, 5.41) is 13.2. The quantitative estimate of drug-likeness (QED) is 0.648. The zero-order valence-corrected chi connectivity index (χ0v) is 13.4. The van der Waals surface area contributed by atoms with Crippen LogP contribution in [-0.4, -0.2) is 30.2 Å². The molecule has 0 spiro atoms. The number of carbonyl (C=O) groups excluding carboxylic acids is 1. The van der Waals surface area contributed by atoms with E-state index in [0.717, 1.165) is 6.20 Å². The molecule has 0 aliphatic rings. The number of amides is 1. The lowest BCUT2D eigenvalue weighted by molar-refractivity contribution is -0.385. The van der Waals surface area contributed by atoms with Crippen LogP contribution in [0.15, 0.2) is 30.5 Å². The topological polar surface area (TPSA) is 113 Å². The number of hydrogen-bond acceptors (Lipinski definition) is 7. The number of aromatic nitrogens is 1. The molecule has 0 aliphatic heterocycles. The summed E-state index contributed by atoms with van der Waals surface area (Å²) in [6, 6.07) is 5.31. The Morgan fingerprint density at radius 3 is 2.50 bits per heavy atom. The Bertz CT molecular complexity index is 766. The molecule has 2 aromatic rings. The van der Waals surface area contributed by atoms with Crippen LogP contribution in [0.25, 0.3) is 0 Å². The van der Waals surface area contributed by atoms with E-state index < -0.39 is 11.0 Å². The lowest BCUT2D eigenvalue weighted by atomic mass is 10.2. The second-order valence-electron chi connectivity index (χ2n) is 4.31. The average Bonchev–Trinajstić information content (AvgIpc) is 2.55. The highest BCUT2D eigenvalue weighted by Crippen LogP contribution is 2.35. The van der Waals surface area contributed by atoms with E-state index in [2.05, 4.69) is 10.3 Å². The van der Waals surface area contributed by atoms with Gasteiger partial charge >= 0.3 is 6.09 Å². The summed E-state index contributed by atoms with van der Waals surface area (Å²) in [6.07, 6.45) is 0.115. The number of benzene rings is 1. The molecule has 0 aliphatic carbocycles. The van der Waals surface area contributed by atoms with Crippen LogP contribution >= 0.6 is 11.6 Å². The van der Waals surface area contributed by atoms with Gasteiger partial charge in [0.25, 0.3) is 5.69 Å². The number of pyridine rings is 1. The van der Waals surface area contributed by atoms with Gasteiger partial charge < -0.3 is 14.2 Å². The summed E-state index contributed by atoms with van der Waals surface area (Å²) in [5.74, 6) is 0.589. The van der Waals surface area contributed by atoms with Crippen LogP contribution < -0.4 is 19.5 Å². The molecule has 24 heavy (non-hydrogen) atoms. The standard InChI is InChI=1S/C14H12ClN3O6/c1-22-11-6-12(23-2)10(5-9(11)15)17-14(19)24-13-4-3-8(7-16-13)18(20)21/h3-7H,1-2H3,(H,17,19). The van der Waals surface area contributed by atoms with Crippen molar-refractivity contribution in [1.29, 1.82) is 0 Å². The van der Waals surface area contributed by atoms with Crippen molar-refractivity contribution in [3.63, 3.8) is 0 Å². The zero-order chi connectivity index (χ0) is 17.7. The molecule has 0 radical (unpaired) electrons. The minimum atomic E-state index is -0.865. The fourth-order valence-electron chi connectivity index (χ4n) is 1.73. The monoisotopic (exact) mass is 353 g/mol. The van der Waals surface area contributed by atoms with Gasteiger partial charge in [0.2, 0.25) is 5.88 Å². The summed E-state index contributed by atoms with van der Waals surface area (Å²) in [4.78, 5) is 25.5. The molecule has 1 N–H and O–H groups in total. The van der Waals surface area contributed by atoms with Crippen molar-refractivity contribution in [2.24, 2.45) is 0 Å². The van der Waals surface area contributed by atoms with Gasteiger partial charge in [-0.15, -0.1) is 0 Å². The summed E-state index contributed by atoms with van der Waals surface area (Å²) in [5.41, 5.74) is 0.0431. The van der Waals surface area contributed by atoms with E-state index in [1.165, 1.54) is 38.5 Å². The van der Waals surface area contributed by atoms with Crippen LogP contribution in [0.2, 0.25) is 5.02 Å². The van der Waals surface area contributed by atoms with E-state index in [9.17, 15) is 14.9 Å². The highest BCUT2D eigenvalue weighted by atomic mass is 35.5. The van der Waals surface area contributed by atoms with Gasteiger partial charge in [0.15, 0.2) is 0 Å². The third-order valence-electron chi connectivity index (χ3n) is 2.84. The number of nitro groups is 1. The molecule has 0 saturated carbocycles. The molecule has 126 valence electrons. The van der Waals surface area contributed by atoms with Gasteiger partial charge in [-0.1, -0.05) is 11.6 Å². The van der Waals surface area contributed by atoms with Crippen LogP contribution in [0.4, 0.5) is 16.2 Å². The Balaban J connectivity index is 2.12. The molecule has 1 aromatic heterocycles. The molecule has 2 rings (SSSR count). The van der Waals surface area contributed by atoms with Crippen molar-refractivity contribution in [3.05, 3.63) is 45.6 Å². The molecule has 0 bridgehead atoms. The SMILES string of the molecule is COc1cc(OC)c(NC(=O)Oc2ccc([N+](=O)[O-])cn2)cc1Cl. The molecular formula is C14H12ClN3O6. The molecule has 10 heteroatoms. The number of anilines is 1. The van der Waals surface area contributed by atoms with Gasteiger partial charge in [-0.3, -0.25) is 15.4 Å². The number of halogens is 1. The predicted octanol–water partition coefficient (Wildman–Crippen LogP) is 3.27. The highest BCUT2D eigenvalue weighted by Gasteiger charge is 2.14. The fourth-order valence-corrected chi connectivity index (χ4v) is 1.97. The molecule has 0 atom stereocenters. The van der Waals surface area contributed by atoms with Gasteiger partial charge in [0, 0.05) is 18.2 Å². The number of ether oxygens (including phenoxy) is 3. The first-order valence-corrected chi connectivity index (χ1v) is 6.83. The number of rotatable bonds is 5. The maximum Gasteiger partial charge on any atom is 0.418 e. The van der Waals surface area contributed by atoms with Crippen molar-refractivity contribution in [1.82, 2.24) is 4.98 Å². The largest absolute Gasteiger partial charge is 0.495 e. The molecule has 1 amide bonds. The number of nitrogens with one attached hydrogen (secondary N) is 1. The van der Waals surface area contributed by atoms with Crippen molar-refractivity contribution >= 4 is 29.1 Å². The second-order valence-corrected chi connectivity index (χ2v) is 4.72. The van der Waals surface area contributed by atoms with Crippen LogP contribution in [0.3, 0.4) is 0 Å². The molecule has 0 saturated heterocycles. The first kappa shape index (κ1) is 17.3. The molecule has 9 nitrogen and oxygen atoms in total. The maximum absolute atomic E-state index is 11.9. The van der Waals surface area contributed by atoms with E-state index >= 15 is 0 Å². The van der Waals surface area contributed by atoms with Gasteiger partial charge in [-0.05, 0) is 6.07 Å². The number of carbonyl (C=O) groups is 1. The lowest BCUT2D eigenvalue weighted by Gasteiger charge is -2.12. The van der Waals surface area contributed by atoms with Crippen LogP contribution in [0, 0.1) is 10.1 Å². The average molecular weight is 354 g/mol. The summed E-state index contributed by atoms with van der Waals surface area (Å²) >= 11 is 6.00. The Hall–Kier alpha value is -3.07. The van der Waals surface area contributed by atoms with Crippen molar-refractivity contribution in [2.75, 3.05) is 19.5 Å². The van der Waals surface area contributed by atoms with Crippen LogP contribution in [0.1, 0.15) is 0 Å². The maximum atomic E-state index is 11.9. The number of methoxy groups -OCH3 is 2. The third kappa shape index (κ3) is 4.02. The van der Waals surface area contributed by atoms with Gasteiger partial charge in [-0.25, -0.2) is 9.78 Å². The van der Waals surface area contributed by atoms with E-state index in [4.69, 9.17) is 25.8 Å². The minimum absolute atomic E-state index is 0.100. The van der Waals surface area contributed by atoms with Gasteiger partial charge in [0.05, 0.1) is 29.9 Å². The van der Waals surface area contributed by atoms with Gasteiger partial charge in [0.1, 0.15) is 17.7 Å². The van der Waals surface area contributed by atoms with E-state index in [1.54, 1.807) is 0 Å². The normalized spacial score (nSPS) is 9.96. The molecule has 0 fully saturated rings. The summed E-state index contributed by atoms with van der Waals surface area (Å²) in [7, 11) is 2.86. The summed E-state index contributed by atoms with van der Waals surface area (Å²) < 4.78 is 15.1. The third-order valence-corrected chi connectivity index (χ3v) is 3.13. The first-order valence-electron chi connectivity index (χ1n) is 6.45. The van der Waals surface area contributed by atoms with Crippen molar-refractivity contribution < 1.29 is 23.9 Å². The predicted molar refractivity (Wildman–Crippen MR) is 85.1 cm³/mol. The number of nitrogens with zero attached hydrogens (tertiary/aromatic N) is 2. The molecule has 1 heterocycles. The first-order chi connectivity index (χ1) is 11.4. The Morgan fingerprint density at radius 1 is 1.25 bits per heavy atom. The second kappa shape index (κ2) is 7.47. The van der Waals surface area contributed by atoms with Gasteiger partial charge in [-0.2, -0.15) is 0 Å². The minimum Gasteiger partial charge on any atom is -0.495 e.